The molecule has 1 N–H and O–H groups in total. The number of aliphatic hydroxyl groups excluding tert-OH is 1. The molecule has 3 nitrogen and oxygen atoms in total. The Hall–Kier alpha value is -0.930. The summed E-state index contributed by atoms with van der Waals surface area (Å²) in [4.78, 5) is 0. The first-order chi connectivity index (χ1) is 9.47. The molecule has 0 atom stereocenters. The van der Waals surface area contributed by atoms with Gasteiger partial charge in [0.2, 0.25) is 0 Å². The van der Waals surface area contributed by atoms with Crippen LogP contribution in [0.2, 0.25) is 5.02 Å². The molecule has 2 rings (SSSR count). The number of rotatable bonds is 5. The highest BCUT2D eigenvalue weighted by Crippen LogP contribution is 2.40. The average Bonchev–Trinajstić information content (AvgIpc) is 2.91. The summed E-state index contributed by atoms with van der Waals surface area (Å²) in [6.07, 6.45) is 4.87. The fourth-order valence-corrected chi connectivity index (χ4v) is 2.99. The normalized spacial score (nSPS) is 16.4. The van der Waals surface area contributed by atoms with Crippen molar-refractivity contribution in [3.8, 4) is 11.5 Å². The van der Waals surface area contributed by atoms with Crippen molar-refractivity contribution in [1.82, 2.24) is 0 Å². The van der Waals surface area contributed by atoms with Crippen LogP contribution in [0, 0.1) is 0 Å². The monoisotopic (exact) mass is 298 g/mol. The average molecular weight is 299 g/mol. The van der Waals surface area contributed by atoms with E-state index in [9.17, 15) is 5.11 Å². The van der Waals surface area contributed by atoms with Gasteiger partial charge in [0.05, 0.1) is 19.8 Å². The molecule has 0 bridgehead atoms. The Bertz CT molecular complexity index is 465. The smallest absolute Gasteiger partial charge is 0.163 e. The lowest BCUT2D eigenvalue weighted by molar-refractivity contribution is 0.199. The molecule has 0 saturated heterocycles. The molecular formula is C16H23ClO3. The van der Waals surface area contributed by atoms with Gasteiger partial charge in [0.15, 0.2) is 11.5 Å². The first-order valence-corrected chi connectivity index (χ1v) is 7.51. The Balaban J connectivity index is 2.31. The molecule has 0 heterocycles. The number of benzene rings is 1. The molecule has 112 valence electrons. The fraction of sp³-hybridized carbons (Fsp3) is 0.625. The third kappa shape index (κ3) is 3.21. The maximum atomic E-state index is 9.50. The molecular weight excluding hydrogens is 276 g/mol. The minimum absolute atomic E-state index is 0.0265. The van der Waals surface area contributed by atoms with Crippen molar-refractivity contribution >= 4 is 11.6 Å². The number of hydrogen-bond acceptors (Lipinski definition) is 3. The largest absolute Gasteiger partial charge is 0.493 e. The summed E-state index contributed by atoms with van der Waals surface area (Å²) in [5.74, 6) is 1.37. The maximum Gasteiger partial charge on any atom is 0.163 e. The van der Waals surface area contributed by atoms with Crippen LogP contribution in [0.3, 0.4) is 0 Å². The number of halogens is 1. The Morgan fingerprint density at radius 3 is 2.45 bits per heavy atom. The van der Waals surface area contributed by atoms with Crippen LogP contribution in [-0.4, -0.2) is 24.9 Å². The summed E-state index contributed by atoms with van der Waals surface area (Å²) in [5, 5.41) is 10.1. The predicted octanol–water partition coefficient (Wildman–Crippen LogP) is 3.94. The van der Waals surface area contributed by atoms with Crippen LogP contribution in [0.15, 0.2) is 12.1 Å². The molecule has 4 heteroatoms. The molecule has 1 aromatic rings. The Morgan fingerprint density at radius 1 is 1.25 bits per heavy atom. The highest BCUT2D eigenvalue weighted by atomic mass is 35.5. The number of hydrogen-bond donors (Lipinski definition) is 1. The summed E-state index contributed by atoms with van der Waals surface area (Å²) in [6, 6.07) is 3.69. The van der Waals surface area contributed by atoms with Gasteiger partial charge in [-0.3, -0.25) is 0 Å². The van der Waals surface area contributed by atoms with Crippen LogP contribution in [-0.2, 0) is 5.41 Å². The summed E-state index contributed by atoms with van der Waals surface area (Å²) in [6.45, 7) is 3.93. The standard InChI is InChI=1S/C16H23ClO3/c1-16(2,10-18)12-8-14(19-3)15(9-13(12)17)20-11-6-4-5-7-11/h8-9,11,18H,4-7,10H2,1-3H3. The Kier molecular flexibility index (Phi) is 4.82. The van der Waals surface area contributed by atoms with Crippen LogP contribution >= 0.6 is 11.6 Å². The summed E-state index contributed by atoms with van der Waals surface area (Å²) in [7, 11) is 1.63. The quantitative estimate of drug-likeness (QED) is 0.895. The fourth-order valence-electron chi connectivity index (χ4n) is 2.58. The van der Waals surface area contributed by atoms with Gasteiger partial charge in [-0.2, -0.15) is 0 Å². The molecule has 20 heavy (non-hydrogen) atoms. The van der Waals surface area contributed by atoms with Crippen LogP contribution < -0.4 is 9.47 Å². The van der Waals surface area contributed by atoms with E-state index >= 15 is 0 Å². The van der Waals surface area contributed by atoms with E-state index in [2.05, 4.69) is 0 Å². The molecule has 1 aromatic carbocycles. The van der Waals surface area contributed by atoms with Crippen molar-refractivity contribution in [2.45, 2.75) is 51.0 Å². The number of aliphatic hydroxyl groups is 1. The number of ether oxygens (including phenoxy) is 2. The lowest BCUT2D eigenvalue weighted by Crippen LogP contribution is -2.23. The van der Waals surface area contributed by atoms with Gasteiger partial charge in [-0.1, -0.05) is 25.4 Å². The van der Waals surface area contributed by atoms with Crippen molar-refractivity contribution in [1.29, 1.82) is 0 Å². The van der Waals surface area contributed by atoms with Gasteiger partial charge in [-0.25, -0.2) is 0 Å². The highest BCUT2D eigenvalue weighted by molar-refractivity contribution is 6.31. The van der Waals surface area contributed by atoms with E-state index in [1.54, 1.807) is 7.11 Å². The first kappa shape index (κ1) is 15.5. The van der Waals surface area contributed by atoms with Crippen molar-refractivity contribution in [2.75, 3.05) is 13.7 Å². The molecule has 0 unspecified atom stereocenters. The van der Waals surface area contributed by atoms with E-state index in [4.69, 9.17) is 21.1 Å². The molecule has 0 amide bonds. The van der Waals surface area contributed by atoms with Gasteiger partial charge < -0.3 is 14.6 Å². The minimum Gasteiger partial charge on any atom is -0.493 e. The Morgan fingerprint density at radius 2 is 1.90 bits per heavy atom. The van der Waals surface area contributed by atoms with Gasteiger partial charge in [-0.15, -0.1) is 0 Å². The van der Waals surface area contributed by atoms with Crippen LogP contribution in [0.4, 0.5) is 0 Å². The van der Waals surface area contributed by atoms with E-state index in [0.29, 0.717) is 16.5 Å². The van der Waals surface area contributed by atoms with Crippen molar-refractivity contribution in [2.24, 2.45) is 0 Å². The lowest BCUT2D eigenvalue weighted by Gasteiger charge is -2.25. The molecule has 0 aliphatic heterocycles. The van der Waals surface area contributed by atoms with Crippen LogP contribution in [0.5, 0.6) is 11.5 Å². The van der Waals surface area contributed by atoms with Gasteiger partial charge >= 0.3 is 0 Å². The molecule has 0 spiro atoms. The minimum atomic E-state index is -0.406. The first-order valence-electron chi connectivity index (χ1n) is 7.13. The van der Waals surface area contributed by atoms with Crippen molar-refractivity contribution < 1.29 is 14.6 Å². The lowest BCUT2D eigenvalue weighted by atomic mass is 9.85. The second-order valence-electron chi connectivity index (χ2n) is 6.05. The predicted molar refractivity (Wildman–Crippen MR) is 81.0 cm³/mol. The third-order valence-corrected chi connectivity index (χ3v) is 4.29. The molecule has 1 aliphatic carbocycles. The van der Waals surface area contributed by atoms with Crippen LogP contribution in [0.25, 0.3) is 0 Å². The molecule has 1 aliphatic rings. The SMILES string of the molecule is COc1cc(C(C)(C)CO)c(Cl)cc1OC1CCCC1. The number of methoxy groups -OCH3 is 1. The van der Waals surface area contributed by atoms with Gasteiger partial charge in [0.25, 0.3) is 0 Å². The van der Waals surface area contributed by atoms with E-state index in [-0.39, 0.29) is 12.7 Å². The summed E-state index contributed by atoms with van der Waals surface area (Å²) >= 11 is 6.36. The van der Waals surface area contributed by atoms with E-state index in [1.807, 2.05) is 26.0 Å². The second kappa shape index (κ2) is 6.23. The second-order valence-corrected chi connectivity index (χ2v) is 6.46. The van der Waals surface area contributed by atoms with Crippen LogP contribution in [0.1, 0.15) is 45.1 Å². The maximum absolute atomic E-state index is 9.50. The van der Waals surface area contributed by atoms with E-state index in [0.717, 1.165) is 18.4 Å². The van der Waals surface area contributed by atoms with Crippen molar-refractivity contribution in [3.05, 3.63) is 22.7 Å². The topological polar surface area (TPSA) is 38.7 Å². The molecule has 1 saturated carbocycles. The zero-order valence-corrected chi connectivity index (χ0v) is 13.2. The summed E-state index contributed by atoms with van der Waals surface area (Å²) in [5.41, 5.74) is 0.466. The van der Waals surface area contributed by atoms with Gasteiger partial charge in [0, 0.05) is 16.5 Å². The third-order valence-electron chi connectivity index (χ3n) is 3.97. The van der Waals surface area contributed by atoms with E-state index in [1.165, 1.54) is 12.8 Å². The molecule has 1 fully saturated rings. The zero-order chi connectivity index (χ0) is 14.8. The molecule has 0 radical (unpaired) electrons. The van der Waals surface area contributed by atoms with Gasteiger partial charge in [-0.05, 0) is 37.3 Å². The Labute approximate surface area is 125 Å². The van der Waals surface area contributed by atoms with Crippen molar-refractivity contribution in [3.63, 3.8) is 0 Å². The summed E-state index contributed by atoms with van der Waals surface area (Å²) < 4.78 is 11.4. The molecule has 0 aromatic heterocycles. The zero-order valence-electron chi connectivity index (χ0n) is 12.4. The highest BCUT2D eigenvalue weighted by Gasteiger charge is 2.26. The van der Waals surface area contributed by atoms with E-state index < -0.39 is 5.41 Å². The van der Waals surface area contributed by atoms with Gasteiger partial charge in [0.1, 0.15) is 0 Å².